The molecule has 1 unspecified atom stereocenters. The van der Waals surface area contributed by atoms with Gasteiger partial charge in [0.2, 0.25) is 0 Å². The SMILES string of the molecule is CCN(C)c1ccccc1NC(=O)N1CCC(O)(C(F)(F)F)C1. The Morgan fingerprint density at radius 2 is 2.09 bits per heavy atom. The highest BCUT2D eigenvalue weighted by molar-refractivity contribution is 5.93. The Balaban J connectivity index is 2.10. The maximum absolute atomic E-state index is 12.8. The lowest BCUT2D eigenvalue weighted by atomic mass is 10.0. The zero-order valence-electron chi connectivity index (χ0n) is 13.0. The van der Waals surface area contributed by atoms with Crippen LogP contribution in [0.25, 0.3) is 0 Å². The van der Waals surface area contributed by atoms with Gasteiger partial charge in [0, 0.05) is 26.6 Å². The summed E-state index contributed by atoms with van der Waals surface area (Å²) in [5.74, 6) is 0. The van der Waals surface area contributed by atoms with Crippen molar-refractivity contribution in [2.75, 3.05) is 36.9 Å². The van der Waals surface area contributed by atoms with E-state index in [0.29, 0.717) is 12.2 Å². The Kier molecular flexibility index (Phi) is 4.74. The first kappa shape index (κ1) is 17.4. The molecule has 1 fully saturated rings. The molecule has 2 N–H and O–H groups in total. The van der Waals surface area contributed by atoms with Gasteiger partial charge in [-0.3, -0.25) is 0 Å². The molecule has 2 amide bonds. The molecular formula is C15H20F3N3O2. The van der Waals surface area contributed by atoms with E-state index >= 15 is 0 Å². The molecule has 0 bridgehead atoms. The number of para-hydroxylation sites is 2. The fourth-order valence-electron chi connectivity index (χ4n) is 2.48. The second-order valence-electron chi connectivity index (χ2n) is 5.66. The molecule has 0 spiro atoms. The lowest BCUT2D eigenvalue weighted by molar-refractivity contribution is -0.253. The van der Waals surface area contributed by atoms with Crippen molar-refractivity contribution in [1.29, 1.82) is 0 Å². The summed E-state index contributed by atoms with van der Waals surface area (Å²) in [5, 5.41) is 12.3. The zero-order valence-corrected chi connectivity index (χ0v) is 13.0. The second-order valence-corrected chi connectivity index (χ2v) is 5.66. The third-order valence-electron chi connectivity index (χ3n) is 4.09. The first-order chi connectivity index (χ1) is 10.7. The number of aliphatic hydroxyl groups is 1. The number of β-amino-alcohol motifs (C(OH)–C–C–N with tert-alkyl or cyclic N) is 1. The summed E-state index contributed by atoms with van der Waals surface area (Å²) in [5.41, 5.74) is -1.54. The number of hydrogen-bond donors (Lipinski definition) is 2. The van der Waals surface area contributed by atoms with E-state index in [1.165, 1.54) is 0 Å². The van der Waals surface area contributed by atoms with Crippen molar-refractivity contribution < 1.29 is 23.1 Å². The van der Waals surface area contributed by atoms with E-state index in [9.17, 15) is 23.1 Å². The molecule has 8 heteroatoms. The normalized spacial score (nSPS) is 21.4. The first-order valence-corrected chi connectivity index (χ1v) is 7.33. The van der Waals surface area contributed by atoms with Gasteiger partial charge in [-0.1, -0.05) is 12.1 Å². The number of urea groups is 1. The Morgan fingerprint density at radius 1 is 1.43 bits per heavy atom. The van der Waals surface area contributed by atoms with Gasteiger partial charge in [-0.05, 0) is 19.1 Å². The van der Waals surface area contributed by atoms with Crippen LogP contribution in [0.1, 0.15) is 13.3 Å². The molecule has 0 radical (unpaired) electrons. The number of halogens is 3. The molecule has 0 aromatic heterocycles. The maximum Gasteiger partial charge on any atom is 0.419 e. The van der Waals surface area contributed by atoms with Crippen LogP contribution in [0.3, 0.4) is 0 Å². The van der Waals surface area contributed by atoms with Crippen LogP contribution in [0.2, 0.25) is 0 Å². The number of rotatable bonds is 3. The van der Waals surface area contributed by atoms with Crippen molar-refractivity contribution >= 4 is 17.4 Å². The summed E-state index contributed by atoms with van der Waals surface area (Å²) >= 11 is 0. The van der Waals surface area contributed by atoms with Crippen molar-refractivity contribution in [2.24, 2.45) is 0 Å². The summed E-state index contributed by atoms with van der Waals surface area (Å²) in [6, 6.07) is 6.40. The molecule has 0 aliphatic carbocycles. The minimum absolute atomic E-state index is 0.145. The third-order valence-corrected chi connectivity index (χ3v) is 4.09. The van der Waals surface area contributed by atoms with E-state index in [4.69, 9.17) is 0 Å². The monoisotopic (exact) mass is 331 g/mol. The van der Waals surface area contributed by atoms with Crippen LogP contribution in [-0.2, 0) is 0 Å². The van der Waals surface area contributed by atoms with Gasteiger partial charge in [0.1, 0.15) is 0 Å². The van der Waals surface area contributed by atoms with E-state index in [-0.39, 0.29) is 6.54 Å². The number of amides is 2. The predicted molar refractivity (Wildman–Crippen MR) is 81.6 cm³/mol. The Labute approximate surface area is 132 Å². The molecule has 1 aromatic carbocycles. The smallest absolute Gasteiger partial charge is 0.379 e. The van der Waals surface area contributed by atoms with Crippen LogP contribution in [0, 0.1) is 0 Å². The minimum Gasteiger partial charge on any atom is -0.379 e. The Hall–Kier alpha value is -1.96. The molecule has 1 aromatic rings. The molecule has 1 saturated heterocycles. The highest BCUT2D eigenvalue weighted by Gasteiger charge is 2.57. The Bertz CT molecular complexity index is 579. The van der Waals surface area contributed by atoms with Crippen LogP contribution < -0.4 is 10.2 Å². The number of carbonyl (C=O) groups excluding carboxylic acids is 1. The summed E-state index contributed by atoms with van der Waals surface area (Å²) in [7, 11) is 1.85. The lowest BCUT2D eigenvalue weighted by Crippen LogP contribution is -2.48. The van der Waals surface area contributed by atoms with Gasteiger partial charge in [-0.2, -0.15) is 13.2 Å². The third kappa shape index (κ3) is 3.52. The lowest BCUT2D eigenvalue weighted by Gasteiger charge is -2.26. The standard InChI is InChI=1S/C15H20F3N3O2/c1-3-20(2)12-7-5-4-6-11(12)19-13(22)21-9-8-14(23,10-21)15(16,17)18/h4-7,23H,3,8-10H2,1-2H3,(H,19,22). The molecule has 0 saturated carbocycles. The van der Waals surface area contributed by atoms with Crippen molar-refractivity contribution in [3.63, 3.8) is 0 Å². The number of anilines is 2. The summed E-state index contributed by atoms with van der Waals surface area (Å²) < 4.78 is 38.4. The van der Waals surface area contributed by atoms with E-state index in [0.717, 1.165) is 10.6 Å². The molecular weight excluding hydrogens is 311 g/mol. The van der Waals surface area contributed by atoms with Gasteiger partial charge in [-0.15, -0.1) is 0 Å². The fraction of sp³-hybridized carbons (Fsp3) is 0.533. The van der Waals surface area contributed by atoms with E-state index < -0.39 is 30.8 Å². The number of nitrogens with zero attached hydrogens (tertiary/aromatic N) is 2. The largest absolute Gasteiger partial charge is 0.419 e. The van der Waals surface area contributed by atoms with Gasteiger partial charge in [0.05, 0.1) is 17.9 Å². The van der Waals surface area contributed by atoms with Crippen LogP contribution in [0.15, 0.2) is 24.3 Å². The van der Waals surface area contributed by atoms with Gasteiger partial charge < -0.3 is 20.2 Å². The highest BCUT2D eigenvalue weighted by atomic mass is 19.4. The van der Waals surface area contributed by atoms with E-state index in [1.807, 2.05) is 31.0 Å². The van der Waals surface area contributed by atoms with Gasteiger partial charge in [-0.25, -0.2) is 4.79 Å². The van der Waals surface area contributed by atoms with Crippen molar-refractivity contribution in [3.05, 3.63) is 24.3 Å². The molecule has 128 valence electrons. The highest BCUT2D eigenvalue weighted by Crippen LogP contribution is 2.38. The van der Waals surface area contributed by atoms with Gasteiger partial charge in [0.25, 0.3) is 0 Å². The summed E-state index contributed by atoms with van der Waals surface area (Å²) in [6.07, 6.45) is -5.26. The number of nitrogens with one attached hydrogen (secondary N) is 1. The topological polar surface area (TPSA) is 55.8 Å². The van der Waals surface area contributed by atoms with Crippen LogP contribution in [0.5, 0.6) is 0 Å². The van der Waals surface area contributed by atoms with Crippen LogP contribution in [-0.4, -0.2) is 54.5 Å². The number of alkyl halides is 3. The van der Waals surface area contributed by atoms with Crippen LogP contribution >= 0.6 is 0 Å². The fourth-order valence-corrected chi connectivity index (χ4v) is 2.48. The molecule has 5 nitrogen and oxygen atoms in total. The molecule has 1 aliphatic heterocycles. The van der Waals surface area contributed by atoms with Crippen molar-refractivity contribution in [2.45, 2.75) is 25.1 Å². The average molecular weight is 331 g/mol. The van der Waals surface area contributed by atoms with Crippen LogP contribution in [0.4, 0.5) is 29.3 Å². The first-order valence-electron chi connectivity index (χ1n) is 7.33. The quantitative estimate of drug-likeness (QED) is 0.895. The predicted octanol–water partition coefficient (Wildman–Crippen LogP) is 2.67. The van der Waals surface area contributed by atoms with Crippen molar-refractivity contribution in [1.82, 2.24) is 4.90 Å². The average Bonchev–Trinajstić information content (AvgIpc) is 2.91. The second kappa shape index (κ2) is 6.27. The Morgan fingerprint density at radius 3 is 2.65 bits per heavy atom. The zero-order chi connectivity index (χ0) is 17.3. The molecule has 1 heterocycles. The number of carbonyl (C=O) groups is 1. The summed E-state index contributed by atoms with van der Waals surface area (Å²) in [6.45, 7) is 1.76. The number of benzene rings is 1. The van der Waals surface area contributed by atoms with Crippen molar-refractivity contribution in [3.8, 4) is 0 Å². The van der Waals surface area contributed by atoms with E-state index in [1.54, 1.807) is 12.1 Å². The van der Waals surface area contributed by atoms with Gasteiger partial charge >= 0.3 is 12.2 Å². The number of likely N-dealkylation sites (tertiary alicyclic amines) is 1. The minimum atomic E-state index is -4.75. The molecule has 1 atom stereocenters. The molecule has 1 aliphatic rings. The van der Waals surface area contributed by atoms with Gasteiger partial charge in [0.15, 0.2) is 5.60 Å². The summed E-state index contributed by atoms with van der Waals surface area (Å²) in [4.78, 5) is 15.1. The molecule has 23 heavy (non-hydrogen) atoms. The maximum atomic E-state index is 12.8. The number of hydrogen-bond acceptors (Lipinski definition) is 3. The van der Waals surface area contributed by atoms with E-state index in [2.05, 4.69) is 5.32 Å². The molecule has 2 rings (SSSR count).